The van der Waals surface area contributed by atoms with Crippen LogP contribution in [0.5, 0.6) is 11.5 Å². The van der Waals surface area contributed by atoms with Gasteiger partial charge in [-0.25, -0.2) is 9.59 Å². The summed E-state index contributed by atoms with van der Waals surface area (Å²) in [4.78, 5) is 24.8. The molecule has 252 valence electrons. The first-order valence-corrected chi connectivity index (χ1v) is 13.3. The van der Waals surface area contributed by atoms with Gasteiger partial charge < -0.3 is 24.2 Å². The van der Waals surface area contributed by atoms with E-state index in [4.69, 9.17) is 14.2 Å². The van der Waals surface area contributed by atoms with E-state index >= 15 is 0 Å². The van der Waals surface area contributed by atoms with Crippen LogP contribution in [0.1, 0.15) is 37.3 Å². The molecule has 0 aliphatic heterocycles. The predicted molar refractivity (Wildman–Crippen MR) is 138 cm³/mol. The Hall–Kier alpha value is -3.76. The normalized spacial score (nSPS) is 13.3. The van der Waals surface area contributed by atoms with Gasteiger partial charge >= 0.3 is 36.3 Å². The zero-order valence-electron chi connectivity index (χ0n) is 23.6. The lowest BCUT2D eigenvalue weighted by molar-refractivity contribution is -0.355. The van der Waals surface area contributed by atoms with E-state index in [1.807, 2.05) is 0 Å². The third kappa shape index (κ3) is 10.7. The first-order chi connectivity index (χ1) is 20.8. The molecule has 1 atom stereocenters. The molecule has 0 saturated heterocycles. The van der Waals surface area contributed by atoms with Crippen LogP contribution in [0.3, 0.4) is 0 Å². The summed E-state index contributed by atoms with van der Waals surface area (Å²) in [5, 5.41) is 9.20. The minimum absolute atomic E-state index is 0.0381. The number of rotatable bonds is 16. The van der Waals surface area contributed by atoms with E-state index in [1.54, 1.807) is 6.92 Å². The number of carbonyl (C=O) groups is 2. The van der Waals surface area contributed by atoms with E-state index in [9.17, 15) is 58.6 Å². The summed E-state index contributed by atoms with van der Waals surface area (Å²) in [7, 11) is 0. The number of halogens is 10. The average molecular weight is 666 g/mol. The van der Waals surface area contributed by atoms with Gasteiger partial charge in [0, 0.05) is 26.0 Å². The Labute approximate surface area is 250 Å². The summed E-state index contributed by atoms with van der Waals surface area (Å²) in [6.07, 6.45) is -17.2. The van der Waals surface area contributed by atoms with Gasteiger partial charge in [-0.2, -0.15) is 43.9 Å². The molecule has 0 spiro atoms. The highest BCUT2D eigenvalue weighted by molar-refractivity contribution is 5.72. The molecule has 0 aromatic heterocycles. The van der Waals surface area contributed by atoms with Crippen LogP contribution in [-0.4, -0.2) is 72.5 Å². The number of amides is 1. The van der Waals surface area contributed by atoms with Gasteiger partial charge in [-0.05, 0) is 49.6 Å². The third-order valence-electron chi connectivity index (χ3n) is 6.25. The molecule has 0 fully saturated rings. The highest BCUT2D eigenvalue weighted by Crippen LogP contribution is 2.48. The zero-order chi connectivity index (χ0) is 34.1. The maximum Gasteiger partial charge on any atom is 0.459 e. The summed E-state index contributed by atoms with van der Waals surface area (Å²) < 4.78 is 146. The molecule has 0 bridgehead atoms. The van der Waals surface area contributed by atoms with Crippen LogP contribution in [0.2, 0.25) is 0 Å². The van der Waals surface area contributed by atoms with Crippen LogP contribution in [0.4, 0.5) is 48.7 Å². The summed E-state index contributed by atoms with van der Waals surface area (Å²) in [6.45, 7) is 0.463. The first-order valence-electron chi connectivity index (χ1n) is 13.3. The van der Waals surface area contributed by atoms with Gasteiger partial charge in [0.2, 0.25) is 0 Å². The molecular weight excluding hydrogens is 636 g/mol. The van der Waals surface area contributed by atoms with Gasteiger partial charge in [0.1, 0.15) is 18.1 Å². The van der Waals surface area contributed by atoms with Crippen LogP contribution in [-0.2, 0) is 22.1 Å². The standard InChI is InChI=1S/C28H29F10NO6/c1-2-43-22(23(40)41)17-18-9-11-19(12-10-18)44-16-15-39(14-6-5-13-25(29,30)27(34,35)28(36,37)38)24(42)45-21-8-4-3-7-20(21)26(31,32)33/h3-4,7-12,22H,2,5-6,13-17H2,1H3,(H,40,41). The number of ether oxygens (including phenoxy) is 3. The molecule has 2 rings (SSSR count). The second-order valence-corrected chi connectivity index (χ2v) is 9.56. The van der Waals surface area contributed by atoms with Crippen molar-refractivity contribution in [3.8, 4) is 11.5 Å². The van der Waals surface area contributed by atoms with Crippen molar-refractivity contribution in [2.24, 2.45) is 0 Å². The lowest BCUT2D eigenvalue weighted by Crippen LogP contribution is -2.51. The van der Waals surface area contributed by atoms with Crippen molar-refractivity contribution in [1.82, 2.24) is 4.90 Å². The van der Waals surface area contributed by atoms with E-state index in [1.165, 1.54) is 24.3 Å². The Balaban J connectivity index is 2.10. The quantitative estimate of drug-likeness (QED) is 0.147. The van der Waals surface area contributed by atoms with Crippen molar-refractivity contribution >= 4 is 12.1 Å². The van der Waals surface area contributed by atoms with Crippen LogP contribution in [0.15, 0.2) is 48.5 Å². The highest BCUT2D eigenvalue weighted by Gasteiger charge is 2.72. The van der Waals surface area contributed by atoms with Gasteiger partial charge in [-0.3, -0.25) is 0 Å². The van der Waals surface area contributed by atoms with Gasteiger partial charge in [0.15, 0.2) is 6.10 Å². The molecule has 1 amide bonds. The maximum atomic E-state index is 13.7. The highest BCUT2D eigenvalue weighted by atomic mass is 19.4. The number of carboxylic acid groups (broad SMARTS) is 1. The van der Waals surface area contributed by atoms with Gasteiger partial charge in [-0.1, -0.05) is 24.3 Å². The van der Waals surface area contributed by atoms with Gasteiger partial charge in [0.25, 0.3) is 0 Å². The number of nitrogens with zero attached hydrogens (tertiary/aromatic N) is 1. The van der Waals surface area contributed by atoms with Crippen molar-refractivity contribution in [2.75, 3.05) is 26.3 Å². The van der Waals surface area contributed by atoms with E-state index < -0.39 is 86.0 Å². The molecule has 0 saturated carbocycles. The molecule has 0 aliphatic rings. The number of carbonyl (C=O) groups excluding carboxylic acids is 1. The van der Waals surface area contributed by atoms with Crippen molar-refractivity contribution in [1.29, 1.82) is 0 Å². The smallest absolute Gasteiger partial charge is 0.459 e. The minimum atomic E-state index is -6.50. The molecule has 0 radical (unpaired) electrons. The number of para-hydroxylation sites is 1. The van der Waals surface area contributed by atoms with Crippen molar-refractivity contribution < 1.29 is 72.8 Å². The van der Waals surface area contributed by atoms with Crippen molar-refractivity contribution in [3.63, 3.8) is 0 Å². The SMILES string of the molecule is CCOC(Cc1ccc(OCCN(CCCCC(F)(F)C(F)(F)C(F)(F)F)C(=O)Oc2ccccc2C(F)(F)F)cc1)C(=O)O. The number of benzene rings is 2. The van der Waals surface area contributed by atoms with Crippen molar-refractivity contribution in [3.05, 3.63) is 59.7 Å². The Morgan fingerprint density at radius 1 is 0.867 bits per heavy atom. The Kier molecular flexibility index (Phi) is 12.9. The Morgan fingerprint density at radius 2 is 1.49 bits per heavy atom. The fraction of sp³-hybridized carbons (Fsp3) is 0.500. The second-order valence-electron chi connectivity index (χ2n) is 9.56. The number of alkyl halides is 10. The van der Waals surface area contributed by atoms with Gasteiger partial charge in [-0.15, -0.1) is 0 Å². The van der Waals surface area contributed by atoms with Crippen LogP contribution < -0.4 is 9.47 Å². The summed E-state index contributed by atoms with van der Waals surface area (Å²) in [5.41, 5.74) is -0.734. The summed E-state index contributed by atoms with van der Waals surface area (Å²) >= 11 is 0. The fourth-order valence-corrected chi connectivity index (χ4v) is 3.89. The lowest BCUT2D eigenvalue weighted by atomic mass is 10.0. The molecule has 2 aromatic carbocycles. The number of carboxylic acids is 1. The molecule has 2 aromatic rings. The number of hydrogen-bond acceptors (Lipinski definition) is 5. The molecule has 1 N–H and O–H groups in total. The lowest BCUT2D eigenvalue weighted by Gasteiger charge is -2.28. The zero-order valence-corrected chi connectivity index (χ0v) is 23.6. The maximum absolute atomic E-state index is 13.7. The van der Waals surface area contributed by atoms with E-state index in [2.05, 4.69) is 0 Å². The molecule has 45 heavy (non-hydrogen) atoms. The topological polar surface area (TPSA) is 85.3 Å². The Morgan fingerprint density at radius 3 is 2.04 bits per heavy atom. The van der Waals surface area contributed by atoms with E-state index in [0.717, 1.165) is 23.1 Å². The second kappa shape index (κ2) is 15.5. The molecule has 17 heteroatoms. The third-order valence-corrected chi connectivity index (χ3v) is 6.25. The molecule has 0 aliphatic carbocycles. The molecule has 0 heterocycles. The monoisotopic (exact) mass is 665 g/mol. The fourth-order valence-electron chi connectivity index (χ4n) is 3.89. The molecule has 1 unspecified atom stereocenters. The number of unbranched alkanes of at least 4 members (excludes halogenated alkanes) is 1. The van der Waals surface area contributed by atoms with Crippen molar-refractivity contribution in [2.45, 2.75) is 62.9 Å². The largest absolute Gasteiger partial charge is 0.492 e. The summed E-state index contributed by atoms with van der Waals surface area (Å²) in [5.74, 6) is -13.6. The Bertz CT molecular complexity index is 1250. The van der Waals surface area contributed by atoms with Gasteiger partial charge in [0.05, 0.1) is 12.1 Å². The minimum Gasteiger partial charge on any atom is -0.492 e. The van der Waals surface area contributed by atoms with E-state index in [0.29, 0.717) is 11.6 Å². The average Bonchev–Trinajstić information content (AvgIpc) is 2.93. The number of hydrogen-bond donors (Lipinski definition) is 1. The molecule has 7 nitrogen and oxygen atoms in total. The summed E-state index contributed by atoms with van der Waals surface area (Å²) in [6, 6.07) is 9.61. The first kappa shape index (κ1) is 37.4. The van der Waals surface area contributed by atoms with Crippen LogP contribution >= 0.6 is 0 Å². The number of aliphatic carboxylic acids is 1. The van der Waals surface area contributed by atoms with Crippen LogP contribution in [0.25, 0.3) is 0 Å². The predicted octanol–water partition coefficient (Wildman–Crippen LogP) is 7.62. The van der Waals surface area contributed by atoms with Crippen LogP contribution in [0, 0.1) is 0 Å². The van der Waals surface area contributed by atoms with E-state index in [-0.39, 0.29) is 25.4 Å². The molecular formula is C28H29F10NO6.